The summed E-state index contributed by atoms with van der Waals surface area (Å²) in [6.45, 7) is 0. The van der Waals surface area contributed by atoms with E-state index in [0.717, 1.165) is 11.3 Å². The third-order valence-electron chi connectivity index (χ3n) is 3.37. The minimum absolute atomic E-state index is 0.168. The highest BCUT2D eigenvalue weighted by atomic mass is 16.5. The van der Waals surface area contributed by atoms with Gasteiger partial charge in [-0.2, -0.15) is 0 Å². The molecule has 0 aliphatic carbocycles. The van der Waals surface area contributed by atoms with Gasteiger partial charge in [-0.3, -0.25) is 4.79 Å². The van der Waals surface area contributed by atoms with Crippen LogP contribution in [0.15, 0.2) is 52.9 Å². The molecule has 0 saturated carbocycles. The van der Waals surface area contributed by atoms with Gasteiger partial charge in [-0.25, -0.2) is 4.98 Å². The quantitative estimate of drug-likeness (QED) is 0.775. The van der Waals surface area contributed by atoms with Crippen molar-refractivity contribution in [1.29, 1.82) is 0 Å². The normalized spacial score (nSPS) is 11.6. The van der Waals surface area contributed by atoms with E-state index in [9.17, 15) is 4.79 Å². The van der Waals surface area contributed by atoms with Gasteiger partial charge in [-0.05, 0) is 35.9 Å². The number of hydrogen-bond acceptors (Lipinski definition) is 4. The smallest absolute Gasteiger partial charge is 0.308 e. The highest BCUT2D eigenvalue weighted by Crippen LogP contribution is 2.25. The molecule has 3 aromatic rings. The summed E-state index contributed by atoms with van der Waals surface area (Å²) in [6, 6.07) is 14.7. The Morgan fingerprint density at radius 2 is 1.96 bits per heavy atom. The Morgan fingerprint density at radius 1 is 1.22 bits per heavy atom. The van der Waals surface area contributed by atoms with Gasteiger partial charge in [0.1, 0.15) is 11.3 Å². The molecular formula is C18H15NO4. The zero-order chi connectivity index (χ0) is 16.2. The minimum Gasteiger partial charge on any atom is -0.497 e. The monoisotopic (exact) mass is 309 g/mol. The largest absolute Gasteiger partial charge is 0.497 e. The second-order valence-electron chi connectivity index (χ2n) is 5.00. The van der Waals surface area contributed by atoms with Crippen molar-refractivity contribution in [2.75, 3.05) is 7.11 Å². The summed E-state index contributed by atoms with van der Waals surface area (Å²) < 4.78 is 10.8. The van der Waals surface area contributed by atoms with E-state index in [4.69, 9.17) is 14.3 Å². The fourth-order valence-electron chi connectivity index (χ4n) is 2.26. The van der Waals surface area contributed by atoms with Crippen LogP contribution in [0.3, 0.4) is 0 Å². The maximum Gasteiger partial charge on any atom is 0.308 e. The van der Waals surface area contributed by atoms with Gasteiger partial charge in [0.25, 0.3) is 0 Å². The second-order valence-corrected chi connectivity index (χ2v) is 5.00. The number of ether oxygens (including phenoxy) is 1. The maximum atomic E-state index is 11.2. The zero-order valence-corrected chi connectivity index (χ0v) is 12.5. The van der Waals surface area contributed by atoms with Crippen LogP contribution in [0.1, 0.15) is 17.9 Å². The molecule has 116 valence electrons. The number of nitrogens with zero attached hydrogens (tertiary/aromatic N) is 1. The first kappa shape index (κ1) is 14.8. The summed E-state index contributed by atoms with van der Waals surface area (Å²) >= 11 is 0. The number of methoxy groups -OCH3 is 1. The molecule has 0 saturated heterocycles. The molecular weight excluding hydrogens is 294 g/mol. The molecule has 5 nitrogen and oxygen atoms in total. The lowest BCUT2D eigenvalue weighted by Gasteiger charge is -2.02. The first-order chi connectivity index (χ1) is 11.2. The number of aromatic nitrogens is 1. The molecule has 5 heteroatoms. The van der Waals surface area contributed by atoms with Crippen molar-refractivity contribution < 1.29 is 19.1 Å². The third-order valence-corrected chi connectivity index (χ3v) is 3.37. The van der Waals surface area contributed by atoms with Gasteiger partial charge >= 0.3 is 5.97 Å². The van der Waals surface area contributed by atoms with Gasteiger partial charge < -0.3 is 14.3 Å². The molecule has 0 amide bonds. The number of aliphatic carboxylic acids is 1. The van der Waals surface area contributed by atoms with Crippen molar-refractivity contribution in [3.8, 4) is 5.75 Å². The molecule has 1 aromatic heterocycles. The Labute approximate surface area is 132 Å². The number of fused-ring (bicyclic) bond motifs is 1. The fraction of sp³-hybridized carbons (Fsp3) is 0.111. The Bertz CT molecular complexity index is 829. The number of carbonyl (C=O) groups is 1. The minimum atomic E-state index is -0.938. The molecule has 23 heavy (non-hydrogen) atoms. The Hall–Kier alpha value is -3.08. The predicted molar refractivity (Wildman–Crippen MR) is 87.1 cm³/mol. The van der Waals surface area contributed by atoms with Crippen molar-refractivity contribution in [3.63, 3.8) is 0 Å². The van der Waals surface area contributed by atoms with E-state index in [1.807, 2.05) is 42.5 Å². The van der Waals surface area contributed by atoms with Crippen LogP contribution in [0.4, 0.5) is 0 Å². The molecule has 1 heterocycles. The van der Waals surface area contributed by atoms with Gasteiger partial charge in [0, 0.05) is 5.57 Å². The lowest BCUT2D eigenvalue weighted by atomic mass is 10.1. The number of carboxylic acid groups (broad SMARTS) is 1. The highest BCUT2D eigenvalue weighted by Gasteiger charge is 2.14. The van der Waals surface area contributed by atoms with Crippen molar-refractivity contribution >= 4 is 28.7 Å². The first-order valence-electron chi connectivity index (χ1n) is 7.08. The molecule has 3 rings (SSSR count). The van der Waals surface area contributed by atoms with Crippen molar-refractivity contribution in [1.82, 2.24) is 4.98 Å². The molecule has 2 aromatic carbocycles. The Kier molecular flexibility index (Phi) is 4.10. The SMILES string of the molecule is COc1ccc(/C=C(\CC(=O)O)c2nc3ccccc3o2)cc1. The summed E-state index contributed by atoms with van der Waals surface area (Å²) in [5, 5.41) is 9.15. The molecule has 0 atom stereocenters. The molecule has 0 radical (unpaired) electrons. The number of carboxylic acids is 1. The lowest BCUT2D eigenvalue weighted by Crippen LogP contribution is -1.97. The molecule has 0 aliphatic rings. The average Bonchev–Trinajstić information content (AvgIpc) is 2.98. The van der Waals surface area contributed by atoms with Crippen molar-refractivity contribution in [2.24, 2.45) is 0 Å². The van der Waals surface area contributed by atoms with E-state index in [-0.39, 0.29) is 6.42 Å². The van der Waals surface area contributed by atoms with E-state index in [1.54, 1.807) is 19.3 Å². The topological polar surface area (TPSA) is 72.6 Å². The van der Waals surface area contributed by atoms with Crippen LogP contribution in [0.5, 0.6) is 5.75 Å². The summed E-state index contributed by atoms with van der Waals surface area (Å²) in [5.41, 5.74) is 2.70. The number of rotatable bonds is 5. The fourth-order valence-corrected chi connectivity index (χ4v) is 2.26. The molecule has 0 fully saturated rings. The molecule has 1 N–H and O–H groups in total. The van der Waals surface area contributed by atoms with Gasteiger partial charge in [0.2, 0.25) is 5.89 Å². The standard InChI is InChI=1S/C18H15NO4/c1-22-14-8-6-12(7-9-14)10-13(11-17(20)21)18-19-15-4-2-3-5-16(15)23-18/h2-10H,11H2,1H3,(H,20,21)/b13-10+. The number of hydrogen-bond donors (Lipinski definition) is 1. The molecule has 0 bridgehead atoms. The van der Waals surface area contributed by atoms with E-state index >= 15 is 0 Å². The molecule has 0 aliphatic heterocycles. The van der Waals surface area contributed by atoms with E-state index in [2.05, 4.69) is 4.98 Å². The molecule has 0 unspecified atom stereocenters. The summed E-state index contributed by atoms with van der Waals surface area (Å²) in [4.78, 5) is 15.5. The Morgan fingerprint density at radius 3 is 2.61 bits per heavy atom. The lowest BCUT2D eigenvalue weighted by molar-refractivity contribution is -0.135. The number of benzene rings is 2. The van der Waals surface area contributed by atoms with Crippen molar-refractivity contribution in [2.45, 2.75) is 6.42 Å². The maximum absolute atomic E-state index is 11.2. The van der Waals surface area contributed by atoms with Gasteiger partial charge in [0.05, 0.1) is 13.5 Å². The average molecular weight is 309 g/mol. The van der Waals surface area contributed by atoms with Crippen LogP contribution < -0.4 is 4.74 Å². The van der Waals surface area contributed by atoms with E-state index < -0.39 is 5.97 Å². The van der Waals surface area contributed by atoms with Gasteiger partial charge in [-0.15, -0.1) is 0 Å². The molecule has 0 spiro atoms. The van der Waals surface area contributed by atoms with Crippen LogP contribution in [0.25, 0.3) is 22.7 Å². The van der Waals surface area contributed by atoms with Crippen LogP contribution in [0.2, 0.25) is 0 Å². The van der Waals surface area contributed by atoms with Crippen LogP contribution in [-0.4, -0.2) is 23.2 Å². The van der Waals surface area contributed by atoms with Gasteiger partial charge in [-0.1, -0.05) is 24.3 Å². The van der Waals surface area contributed by atoms with Crippen LogP contribution in [0, 0.1) is 0 Å². The third kappa shape index (κ3) is 3.40. The van der Waals surface area contributed by atoms with Crippen molar-refractivity contribution in [3.05, 3.63) is 60.0 Å². The summed E-state index contributed by atoms with van der Waals surface area (Å²) in [7, 11) is 1.60. The predicted octanol–water partition coefficient (Wildman–Crippen LogP) is 3.85. The Balaban J connectivity index is 2.01. The second kappa shape index (κ2) is 6.36. The zero-order valence-electron chi connectivity index (χ0n) is 12.5. The summed E-state index contributed by atoms with van der Waals surface area (Å²) in [6.07, 6.45) is 1.59. The van der Waals surface area contributed by atoms with E-state index in [0.29, 0.717) is 22.6 Å². The number of para-hydroxylation sites is 2. The summed E-state index contributed by atoms with van der Waals surface area (Å²) in [5.74, 6) is 0.125. The van der Waals surface area contributed by atoms with Crippen LogP contribution in [-0.2, 0) is 4.79 Å². The highest BCUT2D eigenvalue weighted by molar-refractivity contribution is 5.90. The van der Waals surface area contributed by atoms with Gasteiger partial charge in [0.15, 0.2) is 5.58 Å². The van der Waals surface area contributed by atoms with E-state index in [1.165, 1.54) is 0 Å². The van der Waals surface area contributed by atoms with Crippen LogP contribution >= 0.6 is 0 Å². The number of oxazole rings is 1. The first-order valence-corrected chi connectivity index (χ1v) is 7.08.